The molecule has 0 saturated carbocycles. The molecule has 1 saturated heterocycles. The molecule has 0 aliphatic carbocycles. The van der Waals surface area contributed by atoms with E-state index in [4.69, 9.17) is 4.74 Å². The summed E-state index contributed by atoms with van der Waals surface area (Å²) in [4.78, 5) is 13.3. The quantitative estimate of drug-likeness (QED) is 0.859. The van der Waals surface area contributed by atoms with E-state index in [1.54, 1.807) is 14.0 Å². The third-order valence-electron chi connectivity index (χ3n) is 3.00. The summed E-state index contributed by atoms with van der Waals surface area (Å²) in [6.45, 7) is 5.31. The Morgan fingerprint density at radius 1 is 1.35 bits per heavy atom. The lowest BCUT2D eigenvalue weighted by Gasteiger charge is -2.49. The van der Waals surface area contributed by atoms with Gasteiger partial charge >= 0.3 is 0 Å². The van der Waals surface area contributed by atoms with E-state index in [1.165, 1.54) is 0 Å². The summed E-state index contributed by atoms with van der Waals surface area (Å²) >= 11 is 0. The molecule has 4 nitrogen and oxygen atoms in total. The molecule has 1 aromatic rings. The van der Waals surface area contributed by atoms with E-state index in [2.05, 4.69) is 17.1 Å². The Bertz CT molecular complexity index is 408. The summed E-state index contributed by atoms with van der Waals surface area (Å²) in [5, 5.41) is 2.97. The number of ether oxygens (including phenoxy) is 1. The van der Waals surface area contributed by atoms with Gasteiger partial charge in [-0.2, -0.15) is 0 Å². The van der Waals surface area contributed by atoms with Crippen LogP contribution in [0.2, 0.25) is 0 Å². The molecule has 2 rings (SSSR count). The van der Waals surface area contributed by atoms with Gasteiger partial charge in [0, 0.05) is 25.7 Å². The summed E-state index contributed by atoms with van der Waals surface area (Å²) in [5.41, 5.74) is 1.07. The number of nitrogens with one attached hydrogen (secondary N) is 1. The Morgan fingerprint density at radius 2 is 1.94 bits per heavy atom. The molecule has 1 heterocycles. The molecule has 17 heavy (non-hydrogen) atoms. The first-order chi connectivity index (χ1) is 8.02. The summed E-state index contributed by atoms with van der Waals surface area (Å²) < 4.78 is 5.12. The van der Waals surface area contributed by atoms with Gasteiger partial charge < -0.3 is 15.0 Å². The number of amides is 1. The molecule has 92 valence electrons. The molecule has 0 atom stereocenters. The van der Waals surface area contributed by atoms with Crippen LogP contribution in [0.25, 0.3) is 0 Å². The lowest BCUT2D eigenvalue weighted by atomic mass is 9.91. The van der Waals surface area contributed by atoms with Crippen molar-refractivity contribution in [3.05, 3.63) is 24.3 Å². The molecular weight excluding hydrogens is 216 g/mol. The lowest BCUT2D eigenvalue weighted by Crippen LogP contribution is -2.68. The Labute approximate surface area is 102 Å². The van der Waals surface area contributed by atoms with Crippen LogP contribution in [0.15, 0.2) is 24.3 Å². The van der Waals surface area contributed by atoms with Crippen LogP contribution in [0.1, 0.15) is 13.8 Å². The summed E-state index contributed by atoms with van der Waals surface area (Å²) in [6, 6.07) is 7.96. The van der Waals surface area contributed by atoms with E-state index in [0.717, 1.165) is 24.5 Å². The summed E-state index contributed by atoms with van der Waals surface area (Å²) in [6.07, 6.45) is 0. The molecule has 1 amide bonds. The van der Waals surface area contributed by atoms with Crippen LogP contribution in [0.4, 0.5) is 5.69 Å². The van der Waals surface area contributed by atoms with E-state index in [9.17, 15) is 4.79 Å². The van der Waals surface area contributed by atoms with E-state index in [1.807, 2.05) is 24.3 Å². The number of carbonyl (C=O) groups excluding carboxylic acids is 1. The summed E-state index contributed by atoms with van der Waals surface area (Å²) in [7, 11) is 1.66. The number of anilines is 1. The molecule has 1 aliphatic heterocycles. The smallest absolute Gasteiger partial charge is 0.217 e. The maximum absolute atomic E-state index is 11.0. The van der Waals surface area contributed by atoms with E-state index < -0.39 is 0 Å². The zero-order chi connectivity index (χ0) is 12.5. The predicted molar refractivity (Wildman–Crippen MR) is 67.4 cm³/mol. The number of rotatable bonds is 3. The molecule has 0 radical (unpaired) electrons. The molecule has 0 unspecified atom stereocenters. The van der Waals surface area contributed by atoms with Gasteiger partial charge in [0.15, 0.2) is 0 Å². The monoisotopic (exact) mass is 234 g/mol. The van der Waals surface area contributed by atoms with Gasteiger partial charge in [0.2, 0.25) is 5.91 Å². The standard InChI is InChI=1S/C13H18N2O2/c1-10(16)14-13(2)8-15(9-13)11-4-6-12(17-3)7-5-11/h4-7H,8-9H2,1-3H3,(H,14,16). The van der Waals surface area contributed by atoms with Gasteiger partial charge in [-0.25, -0.2) is 0 Å². The van der Waals surface area contributed by atoms with Crippen LogP contribution in [0, 0.1) is 0 Å². The molecule has 4 heteroatoms. The molecule has 1 fully saturated rings. The average molecular weight is 234 g/mol. The molecule has 1 N–H and O–H groups in total. The Kier molecular flexibility index (Phi) is 2.96. The molecule has 1 aliphatic rings. The third-order valence-corrected chi connectivity index (χ3v) is 3.00. The SMILES string of the molecule is COc1ccc(N2CC(C)(NC(C)=O)C2)cc1. The van der Waals surface area contributed by atoms with Gasteiger partial charge in [0.25, 0.3) is 0 Å². The van der Waals surface area contributed by atoms with E-state index in [-0.39, 0.29) is 11.4 Å². The van der Waals surface area contributed by atoms with Crippen molar-refractivity contribution in [3.63, 3.8) is 0 Å². The first kappa shape index (κ1) is 11.8. The number of nitrogens with zero attached hydrogens (tertiary/aromatic N) is 1. The van der Waals surface area contributed by atoms with Gasteiger partial charge in [-0.05, 0) is 31.2 Å². The first-order valence-electron chi connectivity index (χ1n) is 5.70. The maximum Gasteiger partial charge on any atom is 0.217 e. The van der Waals surface area contributed by atoms with Crippen LogP contribution in [0.3, 0.4) is 0 Å². The second-order valence-corrected chi connectivity index (χ2v) is 4.80. The highest BCUT2D eigenvalue weighted by Crippen LogP contribution is 2.28. The highest BCUT2D eigenvalue weighted by Gasteiger charge is 2.39. The van der Waals surface area contributed by atoms with Gasteiger partial charge in [0.1, 0.15) is 5.75 Å². The molecular formula is C13H18N2O2. The van der Waals surface area contributed by atoms with Crippen LogP contribution in [-0.4, -0.2) is 31.6 Å². The largest absolute Gasteiger partial charge is 0.497 e. The molecule has 0 spiro atoms. The number of carbonyl (C=O) groups is 1. The second kappa shape index (κ2) is 4.28. The van der Waals surface area contributed by atoms with Gasteiger partial charge in [-0.15, -0.1) is 0 Å². The van der Waals surface area contributed by atoms with Crippen LogP contribution < -0.4 is 15.0 Å². The van der Waals surface area contributed by atoms with Crippen molar-refractivity contribution >= 4 is 11.6 Å². The van der Waals surface area contributed by atoms with Gasteiger partial charge in [-0.1, -0.05) is 0 Å². The molecule has 0 aromatic heterocycles. The zero-order valence-corrected chi connectivity index (χ0v) is 10.5. The number of benzene rings is 1. The number of hydrogen-bond acceptors (Lipinski definition) is 3. The van der Waals surface area contributed by atoms with Crippen molar-refractivity contribution in [2.24, 2.45) is 0 Å². The topological polar surface area (TPSA) is 41.6 Å². The number of methoxy groups -OCH3 is 1. The van der Waals surface area contributed by atoms with Crippen molar-refractivity contribution in [1.82, 2.24) is 5.32 Å². The lowest BCUT2D eigenvalue weighted by molar-refractivity contribution is -0.121. The minimum Gasteiger partial charge on any atom is -0.497 e. The minimum atomic E-state index is -0.0915. The normalized spacial score (nSPS) is 17.2. The van der Waals surface area contributed by atoms with E-state index >= 15 is 0 Å². The maximum atomic E-state index is 11.0. The Morgan fingerprint density at radius 3 is 2.41 bits per heavy atom. The fraction of sp³-hybridized carbons (Fsp3) is 0.462. The predicted octanol–water partition coefficient (Wildman–Crippen LogP) is 1.41. The van der Waals surface area contributed by atoms with Gasteiger partial charge in [-0.3, -0.25) is 4.79 Å². The molecule has 1 aromatic carbocycles. The molecule has 0 bridgehead atoms. The fourth-order valence-corrected chi connectivity index (χ4v) is 2.28. The zero-order valence-electron chi connectivity index (χ0n) is 10.5. The highest BCUT2D eigenvalue weighted by molar-refractivity contribution is 5.74. The van der Waals surface area contributed by atoms with Crippen LogP contribution in [-0.2, 0) is 4.79 Å². The van der Waals surface area contributed by atoms with Crippen molar-refractivity contribution in [2.45, 2.75) is 19.4 Å². The van der Waals surface area contributed by atoms with E-state index in [0.29, 0.717) is 0 Å². The fourth-order valence-electron chi connectivity index (χ4n) is 2.28. The van der Waals surface area contributed by atoms with Gasteiger partial charge in [0.05, 0.1) is 12.6 Å². The van der Waals surface area contributed by atoms with Crippen molar-refractivity contribution in [3.8, 4) is 5.75 Å². The summed E-state index contributed by atoms with van der Waals surface area (Å²) in [5.74, 6) is 0.890. The first-order valence-corrected chi connectivity index (χ1v) is 5.70. The van der Waals surface area contributed by atoms with Crippen LogP contribution in [0.5, 0.6) is 5.75 Å². The second-order valence-electron chi connectivity index (χ2n) is 4.80. The Balaban J connectivity index is 1.96. The van der Waals surface area contributed by atoms with Crippen molar-refractivity contribution in [2.75, 3.05) is 25.1 Å². The number of hydrogen-bond donors (Lipinski definition) is 1. The van der Waals surface area contributed by atoms with Crippen molar-refractivity contribution < 1.29 is 9.53 Å². The average Bonchev–Trinajstić information content (AvgIpc) is 2.25. The van der Waals surface area contributed by atoms with Crippen LogP contribution >= 0.6 is 0 Å². The minimum absolute atomic E-state index is 0.0295. The third kappa shape index (κ3) is 2.52. The highest BCUT2D eigenvalue weighted by atomic mass is 16.5. The van der Waals surface area contributed by atoms with Crippen molar-refractivity contribution in [1.29, 1.82) is 0 Å². The Hall–Kier alpha value is -1.71.